The van der Waals surface area contributed by atoms with Gasteiger partial charge >= 0.3 is 0 Å². The third-order valence-corrected chi connectivity index (χ3v) is 5.50. The fraction of sp³-hybridized carbons (Fsp3) is 0.208. The zero-order chi connectivity index (χ0) is 20.2. The van der Waals surface area contributed by atoms with E-state index in [1.807, 2.05) is 48.5 Å². The monoisotopic (exact) mass is 424 g/mol. The third kappa shape index (κ3) is 4.42. The Balaban J connectivity index is 1.51. The summed E-state index contributed by atoms with van der Waals surface area (Å²) in [7, 11) is 0. The predicted molar refractivity (Wildman–Crippen MR) is 121 cm³/mol. The molecule has 148 valence electrons. The molecule has 0 saturated heterocycles. The van der Waals surface area contributed by atoms with Crippen LogP contribution in [0.25, 0.3) is 22.4 Å². The summed E-state index contributed by atoms with van der Waals surface area (Å²) in [6, 6.07) is 21.8. The largest absolute Gasteiger partial charge is 0.493 e. The summed E-state index contributed by atoms with van der Waals surface area (Å²) >= 11 is 12.5. The topological polar surface area (TPSA) is 27.1 Å². The van der Waals surface area contributed by atoms with Crippen molar-refractivity contribution < 1.29 is 4.74 Å². The van der Waals surface area contributed by atoms with Crippen molar-refractivity contribution in [2.75, 3.05) is 6.61 Å². The molecule has 1 heterocycles. The lowest BCUT2D eigenvalue weighted by molar-refractivity contribution is 0.302. The number of ether oxygens (including phenoxy) is 1. The fourth-order valence-electron chi connectivity index (χ4n) is 3.45. The minimum absolute atomic E-state index is 0.608. The van der Waals surface area contributed by atoms with Crippen LogP contribution in [0.2, 0.25) is 10.0 Å². The zero-order valence-corrected chi connectivity index (χ0v) is 17.7. The molecule has 5 heteroatoms. The van der Waals surface area contributed by atoms with Gasteiger partial charge in [-0.05, 0) is 61.7 Å². The highest BCUT2D eigenvalue weighted by Gasteiger charge is 2.15. The minimum atomic E-state index is 0.608. The van der Waals surface area contributed by atoms with Crippen molar-refractivity contribution >= 4 is 34.2 Å². The highest BCUT2D eigenvalue weighted by atomic mass is 35.5. The summed E-state index contributed by atoms with van der Waals surface area (Å²) in [5.74, 6) is 1.82. The van der Waals surface area contributed by atoms with E-state index in [0.717, 1.165) is 53.1 Å². The summed E-state index contributed by atoms with van der Waals surface area (Å²) in [6.07, 6.45) is 1.93. The molecule has 1 aromatic heterocycles. The lowest BCUT2D eigenvalue weighted by atomic mass is 10.2. The van der Waals surface area contributed by atoms with E-state index in [2.05, 4.69) is 23.6 Å². The molecule has 0 atom stereocenters. The second-order valence-electron chi connectivity index (χ2n) is 7.02. The molecule has 0 bridgehead atoms. The highest BCUT2D eigenvalue weighted by molar-refractivity contribution is 6.36. The van der Waals surface area contributed by atoms with Crippen LogP contribution >= 0.6 is 23.2 Å². The van der Waals surface area contributed by atoms with Crippen LogP contribution in [0.4, 0.5) is 0 Å². The number of aromatic nitrogens is 2. The number of imidazole rings is 1. The highest BCUT2D eigenvalue weighted by Crippen LogP contribution is 2.32. The van der Waals surface area contributed by atoms with Crippen molar-refractivity contribution in [3.63, 3.8) is 0 Å². The lowest BCUT2D eigenvalue weighted by Crippen LogP contribution is -2.04. The van der Waals surface area contributed by atoms with E-state index in [9.17, 15) is 0 Å². The molecule has 0 unspecified atom stereocenters. The normalized spacial score (nSPS) is 11.1. The van der Waals surface area contributed by atoms with Gasteiger partial charge in [0.2, 0.25) is 0 Å². The van der Waals surface area contributed by atoms with Crippen molar-refractivity contribution in [2.45, 2.75) is 26.3 Å². The predicted octanol–water partition coefficient (Wildman–Crippen LogP) is 7.18. The Bertz CT molecular complexity index is 1140. The van der Waals surface area contributed by atoms with Crippen LogP contribution in [0.3, 0.4) is 0 Å². The van der Waals surface area contributed by atoms with E-state index in [1.54, 1.807) is 6.07 Å². The molecule has 29 heavy (non-hydrogen) atoms. The van der Waals surface area contributed by atoms with Gasteiger partial charge in [-0.1, -0.05) is 53.5 Å². The molecule has 0 aliphatic carbocycles. The first-order chi connectivity index (χ1) is 14.1. The Kier molecular flexibility index (Phi) is 6.08. The number of benzene rings is 3. The van der Waals surface area contributed by atoms with Crippen LogP contribution in [-0.2, 0) is 6.54 Å². The summed E-state index contributed by atoms with van der Waals surface area (Å²) in [6.45, 7) is 3.59. The number of aryl methyl sites for hydroxylation is 2. The average molecular weight is 425 g/mol. The first kappa shape index (κ1) is 19.8. The van der Waals surface area contributed by atoms with Crippen LogP contribution in [0.15, 0.2) is 66.7 Å². The Hall–Kier alpha value is -2.49. The Morgan fingerprint density at radius 1 is 0.931 bits per heavy atom. The van der Waals surface area contributed by atoms with E-state index in [1.165, 1.54) is 0 Å². The molecular formula is C24H22Cl2N2O. The van der Waals surface area contributed by atoms with Gasteiger partial charge in [-0.3, -0.25) is 0 Å². The average Bonchev–Trinajstić information content (AvgIpc) is 3.07. The second-order valence-corrected chi connectivity index (χ2v) is 7.86. The molecule has 4 rings (SSSR count). The van der Waals surface area contributed by atoms with Gasteiger partial charge in [0.1, 0.15) is 11.6 Å². The SMILES string of the molecule is Cc1ccccc1OCCCCn1c(-c2ccc(Cl)cc2Cl)nc2ccccc21. The Morgan fingerprint density at radius 3 is 2.55 bits per heavy atom. The molecule has 4 aromatic rings. The smallest absolute Gasteiger partial charge is 0.142 e. The van der Waals surface area contributed by atoms with E-state index in [-0.39, 0.29) is 0 Å². The molecular weight excluding hydrogens is 403 g/mol. The number of fused-ring (bicyclic) bond motifs is 1. The van der Waals surface area contributed by atoms with E-state index < -0.39 is 0 Å². The number of nitrogens with zero attached hydrogens (tertiary/aromatic N) is 2. The molecule has 0 spiro atoms. The van der Waals surface area contributed by atoms with Gasteiger partial charge in [-0.15, -0.1) is 0 Å². The molecule has 3 nitrogen and oxygen atoms in total. The summed E-state index contributed by atoms with van der Waals surface area (Å²) < 4.78 is 8.16. The Morgan fingerprint density at radius 2 is 1.72 bits per heavy atom. The number of para-hydroxylation sites is 3. The first-order valence-electron chi connectivity index (χ1n) is 9.72. The molecule has 0 aliphatic heterocycles. The first-order valence-corrected chi connectivity index (χ1v) is 10.5. The summed E-state index contributed by atoms with van der Waals surface area (Å²) in [5, 5.41) is 1.23. The molecule has 0 aliphatic rings. The summed E-state index contributed by atoms with van der Waals surface area (Å²) in [5.41, 5.74) is 4.12. The maximum Gasteiger partial charge on any atom is 0.142 e. The van der Waals surface area contributed by atoms with E-state index in [0.29, 0.717) is 16.7 Å². The second kappa shape index (κ2) is 8.89. The van der Waals surface area contributed by atoms with Gasteiger partial charge in [0.25, 0.3) is 0 Å². The zero-order valence-electron chi connectivity index (χ0n) is 16.2. The standard InChI is InChI=1S/C24H22Cl2N2O/c1-17-8-2-5-11-23(17)29-15-7-6-14-28-22-10-4-3-9-21(22)27-24(28)19-13-12-18(25)16-20(19)26/h2-5,8-13,16H,6-7,14-15H2,1H3. The Labute approximate surface area is 180 Å². The minimum Gasteiger partial charge on any atom is -0.493 e. The van der Waals surface area contributed by atoms with Gasteiger partial charge in [-0.25, -0.2) is 4.98 Å². The molecule has 0 amide bonds. The molecule has 0 saturated carbocycles. The van der Waals surface area contributed by atoms with Crippen LogP contribution in [0.1, 0.15) is 18.4 Å². The van der Waals surface area contributed by atoms with Crippen LogP contribution in [0.5, 0.6) is 5.75 Å². The number of hydrogen-bond donors (Lipinski definition) is 0. The fourth-order valence-corrected chi connectivity index (χ4v) is 3.94. The van der Waals surface area contributed by atoms with Crippen molar-refractivity contribution in [2.24, 2.45) is 0 Å². The van der Waals surface area contributed by atoms with E-state index >= 15 is 0 Å². The van der Waals surface area contributed by atoms with Crippen molar-refractivity contribution in [1.29, 1.82) is 0 Å². The van der Waals surface area contributed by atoms with Crippen molar-refractivity contribution in [3.8, 4) is 17.1 Å². The molecule has 0 fully saturated rings. The number of hydrogen-bond acceptors (Lipinski definition) is 2. The number of unbranched alkanes of at least 4 members (excludes halogenated alkanes) is 1. The van der Waals surface area contributed by atoms with Gasteiger partial charge in [0.05, 0.1) is 22.7 Å². The van der Waals surface area contributed by atoms with Gasteiger partial charge in [0, 0.05) is 17.1 Å². The quantitative estimate of drug-likeness (QED) is 0.293. The van der Waals surface area contributed by atoms with E-state index in [4.69, 9.17) is 32.9 Å². The third-order valence-electron chi connectivity index (χ3n) is 4.95. The van der Waals surface area contributed by atoms with Crippen LogP contribution in [-0.4, -0.2) is 16.2 Å². The molecule has 0 radical (unpaired) electrons. The van der Waals surface area contributed by atoms with Gasteiger partial charge in [0.15, 0.2) is 0 Å². The van der Waals surface area contributed by atoms with Gasteiger partial charge in [-0.2, -0.15) is 0 Å². The molecule has 0 N–H and O–H groups in total. The summed E-state index contributed by atoms with van der Waals surface area (Å²) in [4.78, 5) is 4.84. The van der Waals surface area contributed by atoms with Crippen molar-refractivity contribution in [1.82, 2.24) is 9.55 Å². The maximum absolute atomic E-state index is 6.47. The van der Waals surface area contributed by atoms with Crippen LogP contribution in [0, 0.1) is 6.92 Å². The van der Waals surface area contributed by atoms with Gasteiger partial charge < -0.3 is 9.30 Å². The lowest BCUT2D eigenvalue weighted by Gasteiger charge is -2.12. The maximum atomic E-state index is 6.47. The number of rotatable bonds is 7. The number of halogens is 2. The van der Waals surface area contributed by atoms with Crippen LogP contribution < -0.4 is 4.74 Å². The van der Waals surface area contributed by atoms with Crippen molar-refractivity contribution in [3.05, 3.63) is 82.3 Å². The molecule has 3 aromatic carbocycles.